The molecule has 1 aromatic carbocycles. The van der Waals surface area contributed by atoms with Gasteiger partial charge in [0.2, 0.25) is 0 Å². The van der Waals surface area contributed by atoms with E-state index in [1.165, 1.54) is 0 Å². The Bertz CT molecular complexity index is 488. The van der Waals surface area contributed by atoms with Crippen LogP contribution in [0.5, 0.6) is 0 Å². The molecule has 0 aliphatic carbocycles. The van der Waals surface area contributed by atoms with Crippen molar-refractivity contribution in [1.29, 1.82) is 0 Å². The summed E-state index contributed by atoms with van der Waals surface area (Å²) in [5.74, 6) is -0.195. The van der Waals surface area contributed by atoms with E-state index in [1.807, 2.05) is 51.0 Å². The number of hydrogen-bond donors (Lipinski definition) is 3. The fraction of sp³-hybridized carbons (Fsp3) is 0.429. The average Bonchev–Trinajstić information content (AvgIpc) is 2.35. The molecule has 0 spiro atoms. The van der Waals surface area contributed by atoms with Gasteiger partial charge in [-0.2, -0.15) is 0 Å². The summed E-state index contributed by atoms with van der Waals surface area (Å²) < 4.78 is 0. The highest BCUT2D eigenvalue weighted by Gasteiger charge is 2.08. The predicted octanol–water partition coefficient (Wildman–Crippen LogP) is 0.974. The van der Waals surface area contributed by atoms with Crippen molar-refractivity contribution in [3.63, 3.8) is 0 Å². The van der Waals surface area contributed by atoms with Crippen molar-refractivity contribution in [2.75, 3.05) is 27.2 Å². The molecule has 0 heterocycles. The van der Waals surface area contributed by atoms with Gasteiger partial charge in [0.15, 0.2) is 5.11 Å². The van der Waals surface area contributed by atoms with Gasteiger partial charge in [0.05, 0.1) is 0 Å². The van der Waals surface area contributed by atoms with Gasteiger partial charge in [-0.05, 0) is 51.8 Å². The number of carbonyl (C=O) groups excluding carboxylic acids is 1. The van der Waals surface area contributed by atoms with E-state index in [9.17, 15) is 4.79 Å². The summed E-state index contributed by atoms with van der Waals surface area (Å²) in [4.78, 5) is 14.0. The van der Waals surface area contributed by atoms with Crippen molar-refractivity contribution in [3.05, 3.63) is 34.9 Å². The highest BCUT2D eigenvalue weighted by molar-refractivity contribution is 7.80. The maximum Gasteiger partial charge on any atom is 0.269 e. The molecule has 20 heavy (non-hydrogen) atoms. The Morgan fingerprint density at radius 3 is 2.55 bits per heavy atom. The maximum absolute atomic E-state index is 12.0. The topological polar surface area (TPSA) is 56.4 Å². The third-order valence-electron chi connectivity index (χ3n) is 2.76. The minimum absolute atomic E-state index is 0.195. The molecular weight excluding hydrogens is 272 g/mol. The van der Waals surface area contributed by atoms with Gasteiger partial charge in [0, 0.05) is 18.7 Å². The number of aryl methyl sites for hydroxylation is 2. The van der Waals surface area contributed by atoms with Gasteiger partial charge in [-0.25, -0.2) is 0 Å². The van der Waals surface area contributed by atoms with E-state index < -0.39 is 0 Å². The molecule has 6 heteroatoms. The van der Waals surface area contributed by atoms with Crippen LogP contribution in [0.15, 0.2) is 18.2 Å². The third-order valence-corrected chi connectivity index (χ3v) is 3.01. The standard InChI is InChI=1S/C14H22N4OS/c1-10-5-6-12(11(2)9-10)13(19)16-17-14(20)15-7-8-18(3)4/h5-6,9H,7-8H2,1-4H3,(H,16,19)(H2,15,17,20). The molecule has 1 aromatic rings. The Kier molecular flexibility index (Phi) is 6.41. The summed E-state index contributed by atoms with van der Waals surface area (Å²) in [7, 11) is 3.97. The number of thiocarbonyl (C=S) groups is 1. The van der Waals surface area contributed by atoms with Gasteiger partial charge in [-0.3, -0.25) is 15.6 Å². The number of hydrazine groups is 1. The molecule has 0 radical (unpaired) electrons. The van der Waals surface area contributed by atoms with Crippen molar-refractivity contribution in [3.8, 4) is 0 Å². The van der Waals surface area contributed by atoms with Crippen molar-refractivity contribution in [2.24, 2.45) is 0 Å². The van der Waals surface area contributed by atoms with Crippen LogP contribution in [-0.2, 0) is 0 Å². The minimum Gasteiger partial charge on any atom is -0.360 e. The average molecular weight is 294 g/mol. The van der Waals surface area contributed by atoms with Crippen LogP contribution in [0.1, 0.15) is 21.5 Å². The molecule has 0 saturated heterocycles. The largest absolute Gasteiger partial charge is 0.360 e. The zero-order valence-electron chi connectivity index (χ0n) is 12.4. The van der Waals surface area contributed by atoms with Crippen LogP contribution in [0, 0.1) is 13.8 Å². The Morgan fingerprint density at radius 1 is 1.25 bits per heavy atom. The molecule has 0 aliphatic heterocycles. The molecular formula is C14H22N4OS. The van der Waals surface area contributed by atoms with E-state index in [2.05, 4.69) is 16.2 Å². The Hall–Kier alpha value is -1.66. The second-order valence-corrected chi connectivity index (χ2v) is 5.36. The van der Waals surface area contributed by atoms with E-state index >= 15 is 0 Å². The molecule has 3 N–H and O–H groups in total. The van der Waals surface area contributed by atoms with Gasteiger partial charge in [-0.15, -0.1) is 0 Å². The Morgan fingerprint density at radius 2 is 1.95 bits per heavy atom. The highest BCUT2D eigenvalue weighted by atomic mass is 32.1. The number of rotatable bonds is 4. The van der Waals surface area contributed by atoms with E-state index in [0.717, 1.165) is 24.2 Å². The van der Waals surface area contributed by atoms with Crippen LogP contribution < -0.4 is 16.2 Å². The first-order chi connectivity index (χ1) is 9.40. The van der Waals surface area contributed by atoms with E-state index in [1.54, 1.807) is 0 Å². The zero-order chi connectivity index (χ0) is 15.1. The van der Waals surface area contributed by atoms with Crippen LogP contribution >= 0.6 is 12.2 Å². The number of carbonyl (C=O) groups is 1. The number of nitrogens with zero attached hydrogens (tertiary/aromatic N) is 1. The molecule has 0 aromatic heterocycles. The van der Waals surface area contributed by atoms with Gasteiger partial charge in [0.25, 0.3) is 5.91 Å². The van der Waals surface area contributed by atoms with Crippen LogP contribution in [0.2, 0.25) is 0 Å². The Balaban J connectivity index is 2.41. The van der Waals surface area contributed by atoms with Crippen molar-refractivity contribution < 1.29 is 4.79 Å². The SMILES string of the molecule is Cc1ccc(C(=O)NNC(=S)NCCN(C)C)c(C)c1. The lowest BCUT2D eigenvalue weighted by Gasteiger charge is -2.14. The fourth-order valence-electron chi connectivity index (χ4n) is 1.69. The fourth-order valence-corrected chi connectivity index (χ4v) is 1.84. The minimum atomic E-state index is -0.195. The van der Waals surface area contributed by atoms with Gasteiger partial charge >= 0.3 is 0 Å². The summed E-state index contributed by atoms with van der Waals surface area (Å²) in [6.07, 6.45) is 0. The number of hydrogen-bond acceptors (Lipinski definition) is 3. The first kappa shape index (κ1) is 16.4. The number of likely N-dealkylation sites (N-methyl/N-ethyl adjacent to an activating group) is 1. The van der Waals surface area contributed by atoms with E-state index in [-0.39, 0.29) is 5.91 Å². The summed E-state index contributed by atoms with van der Waals surface area (Å²) in [6, 6.07) is 5.70. The van der Waals surface area contributed by atoms with E-state index in [4.69, 9.17) is 12.2 Å². The molecule has 0 atom stereocenters. The summed E-state index contributed by atoms with van der Waals surface area (Å²) in [6.45, 7) is 5.50. The quantitative estimate of drug-likeness (QED) is 0.571. The first-order valence-electron chi connectivity index (χ1n) is 6.46. The second-order valence-electron chi connectivity index (χ2n) is 4.96. The van der Waals surface area contributed by atoms with E-state index in [0.29, 0.717) is 10.7 Å². The zero-order valence-corrected chi connectivity index (χ0v) is 13.2. The molecule has 5 nitrogen and oxygen atoms in total. The van der Waals surface area contributed by atoms with Crippen LogP contribution in [0.4, 0.5) is 0 Å². The maximum atomic E-state index is 12.0. The predicted molar refractivity (Wildman–Crippen MR) is 85.7 cm³/mol. The van der Waals surface area contributed by atoms with Gasteiger partial charge in [0.1, 0.15) is 0 Å². The first-order valence-corrected chi connectivity index (χ1v) is 6.87. The second kappa shape index (κ2) is 7.81. The monoisotopic (exact) mass is 294 g/mol. The summed E-state index contributed by atoms with van der Waals surface area (Å²) >= 11 is 5.07. The number of benzene rings is 1. The molecule has 1 amide bonds. The lowest BCUT2D eigenvalue weighted by molar-refractivity contribution is 0.0943. The third kappa shape index (κ3) is 5.54. The number of nitrogens with one attached hydrogen (secondary N) is 3. The highest BCUT2D eigenvalue weighted by Crippen LogP contribution is 2.09. The van der Waals surface area contributed by atoms with Gasteiger partial charge in [-0.1, -0.05) is 17.7 Å². The smallest absolute Gasteiger partial charge is 0.269 e. The molecule has 0 fully saturated rings. The van der Waals surface area contributed by atoms with Crippen LogP contribution in [-0.4, -0.2) is 43.1 Å². The molecule has 0 bridgehead atoms. The lowest BCUT2D eigenvalue weighted by atomic mass is 10.1. The van der Waals surface area contributed by atoms with Crippen LogP contribution in [0.3, 0.4) is 0 Å². The Labute approximate surface area is 125 Å². The van der Waals surface area contributed by atoms with Crippen LogP contribution in [0.25, 0.3) is 0 Å². The number of amides is 1. The summed E-state index contributed by atoms with van der Waals surface area (Å²) in [5.41, 5.74) is 8.00. The van der Waals surface area contributed by atoms with Gasteiger partial charge < -0.3 is 10.2 Å². The lowest BCUT2D eigenvalue weighted by Crippen LogP contribution is -2.48. The molecule has 0 saturated carbocycles. The molecule has 1 rings (SSSR count). The van der Waals surface area contributed by atoms with Crippen molar-refractivity contribution in [1.82, 2.24) is 21.1 Å². The normalized spacial score (nSPS) is 10.2. The molecule has 0 unspecified atom stereocenters. The van der Waals surface area contributed by atoms with Crippen molar-refractivity contribution >= 4 is 23.2 Å². The molecule has 0 aliphatic rings. The van der Waals surface area contributed by atoms with Crippen molar-refractivity contribution in [2.45, 2.75) is 13.8 Å². The molecule has 110 valence electrons. The summed E-state index contributed by atoms with van der Waals surface area (Å²) in [5, 5.41) is 3.42.